The lowest BCUT2D eigenvalue weighted by atomic mass is 9.96. The van der Waals surface area contributed by atoms with Gasteiger partial charge in [-0.2, -0.15) is 0 Å². The highest BCUT2D eigenvalue weighted by Gasteiger charge is 2.43. The lowest BCUT2D eigenvalue weighted by molar-refractivity contribution is -0.130. The van der Waals surface area contributed by atoms with Gasteiger partial charge in [-0.3, -0.25) is 24.1 Å². The van der Waals surface area contributed by atoms with Crippen molar-refractivity contribution in [3.8, 4) is 0 Å². The molecule has 3 aromatic carbocycles. The highest BCUT2D eigenvalue weighted by atomic mass is 16.2. The van der Waals surface area contributed by atoms with Crippen molar-refractivity contribution >= 4 is 35.0 Å². The number of benzene rings is 3. The highest BCUT2D eigenvalue weighted by molar-refractivity contribution is 6.07. The molecule has 0 aliphatic carbocycles. The minimum atomic E-state index is -1.01. The van der Waals surface area contributed by atoms with Gasteiger partial charge in [0.2, 0.25) is 17.7 Å². The molecule has 2 aliphatic heterocycles. The second kappa shape index (κ2) is 12.0. The number of hydrogen-bond acceptors (Lipinski definition) is 5. The smallest absolute Gasteiger partial charge is 0.252 e. The number of carbonyl (C=O) groups is 4. The number of likely N-dealkylation sites (N-methyl/N-ethyl adjacent to an activating group) is 1. The molecule has 9 nitrogen and oxygen atoms in total. The van der Waals surface area contributed by atoms with Crippen molar-refractivity contribution in [3.05, 3.63) is 96.1 Å². The molecule has 40 heavy (non-hydrogen) atoms. The first-order valence-electron chi connectivity index (χ1n) is 13.5. The van der Waals surface area contributed by atoms with Gasteiger partial charge in [0, 0.05) is 20.0 Å². The quantitative estimate of drug-likeness (QED) is 0.407. The van der Waals surface area contributed by atoms with Gasteiger partial charge in [0.25, 0.3) is 5.91 Å². The summed E-state index contributed by atoms with van der Waals surface area (Å²) in [6.45, 7) is 0.229. The van der Waals surface area contributed by atoms with Crippen molar-refractivity contribution in [1.82, 2.24) is 16.0 Å². The van der Waals surface area contributed by atoms with Gasteiger partial charge < -0.3 is 20.9 Å². The third-order valence-corrected chi connectivity index (χ3v) is 7.45. The summed E-state index contributed by atoms with van der Waals surface area (Å²) >= 11 is 0. The molecule has 3 aromatic rings. The van der Waals surface area contributed by atoms with Crippen molar-refractivity contribution in [2.24, 2.45) is 0 Å². The van der Waals surface area contributed by atoms with Crippen LogP contribution in [0.15, 0.2) is 84.9 Å². The summed E-state index contributed by atoms with van der Waals surface area (Å²) in [6, 6.07) is 24.5. The Kier molecular flexibility index (Phi) is 8.10. The van der Waals surface area contributed by atoms with Crippen molar-refractivity contribution in [3.63, 3.8) is 0 Å². The van der Waals surface area contributed by atoms with E-state index in [0.29, 0.717) is 25.1 Å². The average Bonchev–Trinajstić information content (AvgIpc) is 3.39. The Labute approximate surface area is 233 Å². The minimum Gasteiger partial charge on any atom is -0.363 e. The minimum absolute atomic E-state index is 0.190. The zero-order valence-corrected chi connectivity index (χ0v) is 22.4. The standard InChI is InChI=1S/C31H33N5O4/c1-35-24-14-8-9-15-25(24)36(20-27(38)32-19-18-21-10-4-2-5-11-21)31(40)28(29(35)22-12-6-3-7-13-22)34-30(39)23-16-17-26(37)33-23/h2-15,23,28-29H,16-20H2,1H3,(H,32,38)(H,33,37)(H,34,39)/t23-,28+,29+/m0/s1. The molecular formula is C31H33N5O4. The van der Waals surface area contributed by atoms with Crippen LogP contribution in [0.2, 0.25) is 0 Å². The van der Waals surface area contributed by atoms with Crippen LogP contribution >= 0.6 is 0 Å². The van der Waals surface area contributed by atoms with E-state index in [1.165, 1.54) is 4.90 Å². The summed E-state index contributed by atoms with van der Waals surface area (Å²) in [5.74, 6) is -1.31. The Morgan fingerprint density at radius 2 is 1.55 bits per heavy atom. The monoisotopic (exact) mass is 539 g/mol. The molecule has 1 saturated heterocycles. The molecule has 0 aromatic heterocycles. The number of fused-ring (bicyclic) bond motifs is 1. The van der Waals surface area contributed by atoms with Gasteiger partial charge in [0.15, 0.2) is 0 Å². The molecule has 0 radical (unpaired) electrons. The molecule has 5 rings (SSSR count). The average molecular weight is 540 g/mol. The zero-order chi connectivity index (χ0) is 28.1. The van der Waals surface area contributed by atoms with E-state index in [-0.39, 0.29) is 24.8 Å². The van der Waals surface area contributed by atoms with Crippen LogP contribution in [0.5, 0.6) is 0 Å². The fraction of sp³-hybridized carbons (Fsp3) is 0.290. The topological polar surface area (TPSA) is 111 Å². The van der Waals surface area contributed by atoms with Crippen LogP contribution in [0.3, 0.4) is 0 Å². The fourth-order valence-corrected chi connectivity index (χ4v) is 5.41. The van der Waals surface area contributed by atoms with Gasteiger partial charge in [0.05, 0.1) is 17.4 Å². The van der Waals surface area contributed by atoms with Crippen molar-refractivity contribution in [1.29, 1.82) is 0 Å². The Balaban J connectivity index is 1.44. The number of rotatable bonds is 8. The number of anilines is 2. The zero-order valence-electron chi connectivity index (χ0n) is 22.4. The second-order valence-corrected chi connectivity index (χ2v) is 10.1. The van der Waals surface area contributed by atoms with Gasteiger partial charge in [-0.25, -0.2) is 0 Å². The largest absolute Gasteiger partial charge is 0.363 e. The Morgan fingerprint density at radius 1 is 0.900 bits per heavy atom. The van der Waals surface area contributed by atoms with Crippen LogP contribution in [0.1, 0.15) is 30.0 Å². The summed E-state index contributed by atoms with van der Waals surface area (Å²) < 4.78 is 0. The molecule has 9 heteroatoms. The first kappa shape index (κ1) is 26.9. The summed E-state index contributed by atoms with van der Waals surface area (Å²) in [4.78, 5) is 55.9. The Bertz CT molecular complexity index is 1380. The van der Waals surface area contributed by atoms with E-state index in [9.17, 15) is 19.2 Å². The van der Waals surface area contributed by atoms with E-state index in [2.05, 4.69) is 16.0 Å². The van der Waals surface area contributed by atoms with Crippen LogP contribution in [0.25, 0.3) is 0 Å². The maximum absolute atomic E-state index is 14.3. The van der Waals surface area contributed by atoms with Crippen molar-refractivity contribution in [2.45, 2.75) is 37.4 Å². The van der Waals surface area contributed by atoms with E-state index in [1.807, 2.05) is 96.9 Å². The molecule has 2 aliphatic rings. The normalized spacial score (nSPS) is 20.4. The molecule has 4 amide bonds. The molecule has 0 saturated carbocycles. The van der Waals surface area contributed by atoms with E-state index >= 15 is 0 Å². The van der Waals surface area contributed by atoms with Gasteiger partial charge in [-0.05, 0) is 36.1 Å². The molecule has 206 valence electrons. The van der Waals surface area contributed by atoms with E-state index in [0.717, 1.165) is 16.8 Å². The van der Waals surface area contributed by atoms with Crippen molar-refractivity contribution < 1.29 is 19.2 Å². The maximum atomic E-state index is 14.3. The molecular weight excluding hydrogens is 506 g/mol. The summed E-state index contributed by atoms with van der Waals surface area (Å²) in [6.07, 6.45) is 1.30. The summed E-state index contributed by atoms with van der Waals surface area (Å²) in [7, 11) is 1.88. The van der Waals surface area contributed by atoms with E-state index in [1.54, 1.807) is 0 Å². The van der Waals surface area contributed by atoms with Gasteiger partial charge in [-0.1, -0.05) is 72.8 Å². The van der Waals surface area contributed by atoms with Gasteiger partial charge in [-0.15, -0.1) is 0 Å². The molecule has 0 unspecified atom stereocenters. The van der Waals surface area contributed by atoms with Gasteiger partial charge in [0.1, 0.15) is 18.6 Å². The maximum Gasteiger partial charge on any atom is 0.252 e. The predicted octanol–water partition coefficient (Wildman–Crippen LogP) is 2.33. The lowest BCUT2D eigenvalue weighted by Crippen LogP contribution is -2.57. The van der Waals surface area contributed by atoms with E-state index < -0.39 is 29.9 Å². The summed E-state index contributed by atoms with van der Waals surface area (Å²) in [5, 5.41) is 8.55. The highest BCUT2D eigenvalue weighted by Crippen LogP contribution is 2.39. The fourth-order valence-electron chi connectivity index (χ4n) is 5.41. The first-order chi connectivity index (χ1) is 19.4. The number of nitrogens with zero attached hydrogens (tertiary/aromatic N) is 2. The number of hydrogen-bond donors (Lipinski definition) is 3. The van der Waals surface area contributed by atoms with Crippen molar-refractivity contribution in [2.75, 3.05) is 29.9 Å². The molecule has 2 heterocycles. The number of para-hydroxylation sites is 2. The van der Waals surface area contributed by atoms with E-state index in [4.69, 9.17) is 0 Å². The molecule has 3 atom stereocenters. The number of carbonyl (C=O) groups excluding carboxylic acids is 4. The molecule has 1 fully saturated rings. The lowest BCUT2D eigenvalue weighted by Gasteiger charge is -2.34. The Morgan fingerprint density at radius 3 is 2.23 bits per heavy atom. The number of amides is 4. The molecule has 0 spiro atoms. The molecule has 0 bridgehead atoms. The predicted molar refractivity (Wildman–Crippen MR) is 153 cm³/mol. The van der Waals surface area contributed by atoms with Gasteiger partial charge >= 0.3 is 0 Å². The van der Waals surface area contributed by atoms with Crippen LogP contribution in [0, 0.1) is 0 Å². The first-order valence-corrected chi connectivity index (χ1v) is 13.5. The Hall–Kier alpha value is -4.66. The van der Waals surface area contributed by atoms with Crippen LogP contribution in [-0.2, 0) is 25.6 Å². The molecule has 3 N–H and O–H groups in total. The third-order valence-electron chi connectivity index (χ3n) is 7.45. The summed E-state index contributed by atoms with van der Waals surface area (Å²) in [5.41, 5.74) is 3.28. The SMILES string of the molecule is CN1c2ccccc2N(CC(=O)NCCc2ccccc2)C(=O)[C@H](NC(=O)[C@@H]2CCC(=O)N2)[C@H]1c1ccccc1. The van der Waals surface area contributed by atoms with Crippen LogP contribution in [-0.4, -0.2) is 55.8 Å². The van der Waals surface area contributed by atoms with Crippen LogP contribution < -0.4 is 25.8 Å². The second-order valence-electron chi connectivity index (χ2n) is 10.1. The third kappa shape index (κ3) is 5.83. The number of nitrogens with one attached hydrogen (secondary N) is 3. The van der Waals surface area contributed by atoms with Crippen LogP contribution in [0.4, 0.5) is 11.4 Å².